The largest absolute Gasteiger partial charge is 0.507 e. The topological polar surface area (TPSA) is 91.8 Å². The first kappa shape index (κ1) is 24.0. The Balaban J connectivity index is 1.50. The lowest BCUT2D eigenvalue weighted by Crippen LogP contribution is -2.39. The molecule has 0 saturated carbocycles. The lowest BCUT2D eigenvalue weighted by atomic mass is 9.59. The number of carbonyl (C=O) groups is 4. The summed E-state index contributed by atoms with van der Waals surface area (Å²) in [6, 6.07) is 12.6. The monoisotopic (exact) mass is 605 g/mol. The van der Waals surface area contributed by atoms with E-state index in [0.717, 1.165) is 9.14 Å². The van der Waals surface area contributed by atoms with Gasteiger partial charge in [0.1, 0.15) is 5.75 Å². The molecule has 2 aromatic rings. The molecule has 1 heterocycles. The molecule has 1 fully saturated rings. The van der Waals surface area contributed by atoms with Gasteiger partial charge in [-0.15, -0.1) is 0 Å². The van der Waals surface area contributed by atoms with Gasteiger partial charge < -0.3 is 5.11 Å². The summed E-state index contributed by atoms with van der Waals surface area (Å²) in [5.41, 5.74) is 3.72. The molecule has 1 saturated heterocycles. The van der Waals surface area contributed by atoms with Crippen LogP contribution >= 0.6 is 22.6 Å². The molecule has 1 aliphatic heterocycles. The third kappa shape index (κ3) is 3.50. The van der Waals surface area contributed by atoms with Crippen LogP contribution in [0.15, 0.2) is 76.9 Å². The van der Waals surface area contributed by atoms with Crippen LogP contribution in [0.5, 0.6) is 5.75 Å². The Bertz CT molecular complexity index is 1510. The second-order valence-corrected chi connectivity index (χ2v) is 11.5. The zero-order chi connectivity index (χ0) is 26.2. The number of rotatable bonds is 2. The number of allylic oxidation sites excluding steroid dienone is 6. The number of para-hydroxylation sites is 1. The number of hydrogen-bond donors (Lipinski definition) is 1. The maximum absolute atomic E-state index is 13.9. The predicted molar refractivity (Wildman–Crippen MR) is 146 cm³/mol. The van der Waals surface area contributed by atoms with Crippen LogP contribution < -0.4 is 4.90 Å². The van der Waals surface area contributed by atoms with Crippen molar-refractivity contribution < 1.29 is 24.3 Å². The molecule has 186 valence electrons. The fraction of sp³-hybridized carbons (Fsp3) is 0.267. The summed E-state index contributed by atoms with van der Waals surface area (Å²) < 4.78 is 0.998. The standard InChI is InChI=1S/C30H24INO5/c1-14-4-3-5-19(27(14)34)24-18-10-11-20-25(21(18)13-22-26(24)23(33)12-15(2)28(22)35)30(37)32(29(20)36)17-8-6-16(31)7-9-17/h3-10,12,20-21,24-25,34H,11,13H2,1-2H3. The number of aryl methyl sites for hydroxylation is 1. The Morgan fingerprint density at radius 3 is 2.41 bits per heavy atom. The smallest absolute Gasteiger partial charge is 0.238 e. The highest BCUT2D eigenvalue weighted by atomic mass is 127. The second-order valence-electron chi connectivity index (χ2n) is 10.2. The molecule has 7 heteroatoms. The summed E-state index contributed by atoms with van der Waals surface area (Å²) in [7, 11) is 0. The fourth-order valence-electron chi connectivity index (χ4n) is 6.50. The second kappa shape index (κ2) is 8.62. The SMILES string of the molecule is CC1=CC(=O)C2=C(CC3C(=CCC4C(=O)N(c5ccc(I)cc5)C(=O)C43)C2c2cccc(C)c2O)C1=O. The minimum Gasteiger partial charge on any atom is -0.507 e. The van der Waals surface area contributed by atoms with Crippen LogP contribution in [0.25, 0.3) is 0 Å². The molecule has 4 aliphatic rings. The number of aromatic hydroxyl groups is 1. The van der Waals surface area contributed by atoms with Gasteiger partial charge in [-0.2, -0.15) is 0 Å². The molecule has 1 N–H and O–H groups in total. The number of Topliss-reactive ketones (excluding diaryl/α,β-unsaturated/α-hetero) is 1. The van der Waals surface area contributed by atoms with Crippen molar-refractivity contribution >= 4 is 51.7 Å². The number of benzene rings is 2. The summed E-state index contributed by atoms with van der Waals surface area (Å²) in [5, 5.41) is 11.0. The Labute approximate surface area is 227 Å². The average Bonchev–Trinajstić information content (AvgIpc) is 3.13. The van der Waals surface area contributed by atoms with E-state index in [1.807, 2.05) is 24.3 Å². The summed E-state index contributed by atoms with van der Waals surface area (Å²) in [5.74, 6) is -3.11. The molecule has 0 spiro atoms. The number of fused-ring (bicyclic) bond motifs is 3. The summed E-state index contributed by atoms with van der Waals surface area (Å²) in [6.45, 7) is 3.41. The number of phenols is 1. The third-order valence-electron chi connectivity index (χ3n) is 8.23. The van der Waals surface area contributed by atoms with Crippen molar-refractivity contribution in [3.8, 4) is 5.75 Å². The maximum atomic E-state index is 13.9. The van der Waals surface area contributed by atoms with Crippen molar-refractivity contribution in [2.45, 2.75) is 32.6 Å². The van der Waals surface area contributed by atoms with E-state index in [0.29, 0.717) is 40.0 Å². The number of imide groups is 1. The molecule has 2 amide bonds. The van der Waals surface area contributed by atoms with Crippen LogP contribution in [0.2, 0.25) is 0 Å². The number of amides is 2. The fourth-order valence-corrected chi connectivity index (χ4v) is 6.86. The lowest BCUT2D eigenvalue weighted by molar-refractivity contribution is -0.123. The van der Waals surface area contributed by atoms with Gasteiger partial charge in [0.05, 0.1) is 17.5 Å². The Morgan fingerprint density at radius 2 is 1.68 bits per heavy atom. The molecule has 3 aliphatic carbocycles. The normalized spacial score (nSPS) is 27.1. The van der Waals surface area contributed by atoms with Crippen molar-refractivity contribution in [1.29, 1.82) is 0 Å². The molecule has 6 nitrogen and oxygen atoms in total. The van der Waals surface area contributed by atoms with Gasteiger partial charge in [-0.3, -0.25) is 24.1 Å². The number of carbonyl (C=O) groups excluding carboxylic acids is 4. The highest BCUT2D eigenvalue weighted by Crippen LogP contribution is 2.56. The molecule has 0 bridgehead atoms. The van der Waals surface area contributed by atoms with Gasteiger partial charge >= 0.3 is 0 Å². The van der Waals surface area contributed by atoms with Gasteiger partial charge in [-0.05, 0) is 91.1 Å². The van der Waals surface area contributed by atoms with Gasteiger partial charge in [-0.25, -0.2) is 0 Å². The highest BCUT2D eigenvalue weighted by Gasteiger charge is 2.56. The highest BCUT2D eigenvalue weighted by molar-refractivity contribution is 14.1. The van der Waals surface area contributed by atoms with Crippen LogP contribution in [0.4, 0.5) is 5.69 Å². The summed E-state index contributed by atoms with van der Waals surface area (Å²) in [4.78, 5) is 55.3. The van der Waals surface area contributed by atoms with Crippen molar-refractivity contribution in [3.63, 3.8) is 0 Å². The van der Waals surface area contributed by atoms with Crippen molar-refractivity contribution in [3.05, 3.63) is 91.6 Å². The van der Waals surface area contributed by atoms with Crippen molar-refractivity contribution in [1.82, 2.24) is 0 Å². The van der Waals surface area contributed by atoms with Crippen molar-refractivity contribution in [2.75, 3.05) is 4.90 Å². The molecular formula is C30H24INO5. The van der Waals surface area contributed by atoms with E-state index in [-0.39, 0.29) is 35.6 Å². The molecule has 0 aromatic heterocycles. The first-order valence-electron chi connectivity index (χ1n) is 12.3. The average molecular weight is 605 g/mol. The van der Waals surface area contributed by atoms with Gasteiger partial charge in [0, 0.05) is 31.8 Å². The zero-order valence-electron chi connectivity index (χ0n) is 20.3. The summed E-state index contributed by atoms with van der Waals surface area (Å²) in [6.07, 6.45) is 3.93. The van der Waals surface area contributed by atoms with Gasteiger partial charge in [0.15, 0.2) is 11.6 Å². The molecule has 6 rings (SSSR count). The van der Waals surface area contributed by atoms with Crippen molar-refractivity contribution in [2.24, 2.45) is 17.8 Å². The van der Waals surface area contributed by atoms with E-state index in [2.05, 4.69) is 22.6 Å². The quantitative estimate of drug-likeness (QED) is 0.227. The van der Waals surface area contributed by atoms with E-state index in [1.54, 1.807) is 38.1 Å². The Morgan fingerprint density at radius 1 is 0.946 bits per heavy atom. The molecule has 2 aromatic carbocycles. The van der Waals surface area contributed by atoms with E-state index in [1.165, 1.54) is 11.0 Å². The Kier molecular flexibility index (Phi) is 5.60. The molecule has 0 radical (unpaired) electrons. The number of hydrogen-bond acceptors (Lipinski definition) is 5. The van der Waals surface area contributed by atoms with Crippen LogP contribution in [0.1, 0.15) is 36.8 Å². The number of anilines is 1. The minimum absolute atomic E-state index is 0.0730. The Hall–Kier alpha value is -3.33. The number of nitrogens with zero attached hydrogens (tertiary/aromatic N) is 1. The van der Waals surface area contributed by atoms with Gasteiger partial charge in [0.25, 0.3) is 0 Å². The first-order valence-corrected chi connectivity index (χ1v) is 13.4. The molecule has 4 atom stereocenters. The molecule has 37 heavy (non-hydrogen) atoms. The molecule has 4 unspecified atom stereocenters. The van der Waals surface area contributed by atoms with Crippen LogP contribution in [0, 0.1) is 28.2 Å². The van der Waals surface area contributed by atoms with Gasteiger partial charge in [-0.1, -0.05) is 29.8 Å². The minimum atomic E-state index is -0.648. The summed E-state index contributed by atoms with van der Waals surface area (Å²) >= 11 is 2.18. The van der Waals surface area contributed by atoms with Crippen LogP contribution in [-0.2, 0) is 19.2 Å². The number of halogens is 1. The van der Waals surface area contributed by atoms with Gasteiger partial charge in [0.2, 0.25) is 11.8 Å². The molecular weight excluding hydrogens is 581 g/mol. The van der Waals surface area contributed by atoms with E-state index in [4.69, 9.17) is 0 Å². The van der Waals surface area contributed by atoms with E-state index in [9.17, 15) is 24.3 Å². The van der Waals surface area contributed by atoms with Crippen LogP contribution in [-0.4, -0.2) is 28.5 Å². The zero-order valence-corrected chi connectivity index (χ0v) is 22.5. The lowest BCUT2D eigenvalue weighted by Gasteiger charge is -2.42. The maximum Gasteiger partial charge on any atom is 0.238 e. The van der Waals surface area contributed by atoms with Crippen LogP contribution in [0.3, 0.4) is 0 Å². The third-order valence-corrected chi connectivity index (χ3v) is 8.95. The first-order chi connectivity index (χ1) is 17.7. The van der Waals surface area contributed by atoms with E-state index < -0.39 is 23.7 Å². The number of phenolic OH excluding ortho intramolecular Hbond substituents is 1. The predicted octanol–water partition coefficient (Wildman–Crippen LogP) is 4.94. The van der Waals surface area contributed by atoms with E-state index >= 15 is 0 Å². The number of ketones is 2.